The Morgan fingerprint density at radius 1 is 1.48 bits per heavy atom. The van der Waals surface area contributed by atoms with Gasteiger partial charge >= 0.3 is 0 Å². The van der Waals surface area contributed by atoms with Gasteiger partial charge in [0.1, 0.15) is 5.82 Å². The van der Waals surface area contributed by atoms with Crippen LogP contribution in [-0.2, 0) is 19.4 Å². The van der Waals surface area contributed by atoms with Crippen LogP contribution in [0.3, 0.4) is 0 Å². The quantitative estimate of drug-likeness (QED) is 0.883. The van der Waals surface area contributed by atoms with Crippen LogP contribution in [0.2, 0.25) is 0 Å². The summed E-state index contributed by atoms with van der Waals surface area (Å²) >= 11 is 1.93. The van der Waals surface area contributed by atoms with E-state index in [4.69, 9.17) is 0 Å². The number of rotatable bonds is 6. The molecule has 2 heterocycles. The van der Waals surface area contributed by atoms with Crippen molar-refractivity contribution in [3.05, 3.63) is 40.1 Å². The number of imidazole rings is 1. The zero-order chi connectivity index (χ0) is 14.7. The van der Waals surface area contributed by atoms with Gasteiger partial charge in [-0.25, -0.2) is 4.98 Å². The summed E-state index contributed by atoms with van der Waals surface area (Å²) < 4.78 is 2.27. The normalized spacial score (nSPS) is 19.4. The number of aryl methyl sites for hydroxylation is 2. The molecule has 0 aromatic carbocycles. The summed E-state index contributed by atoms with van der Waals surface area (Å²) in [4.78, 5) is 6.18. The Morgan fingerprint density at radius 3 is 3.19 bits per heavy atom. The number of hydrogen-bond acceptors (Lipinski definition) is 3. The van der Waals surface area contributed by atoms with Crippen LogP contribution in [0.25, 0.3) is 0 Å². The average Bonchev–Trinajstić information content (AvgIpc) is 3.14. The molecule has 0 saturated heterocycles. The molecule has 1 aliphatic carbocycles. The molecule has 0 fully saturated rings. The van der Waals surface area contributed by atoms with Gasteiger partial charge in [-0.15, -0.1) is 11.3 Å². The molecule has 1 N–H and O–H groups in total. The summed E-state index contributed by atoms with van der Waals surface area (Å²) in [6, 6.07) is 2.84. The molecule has 2 atom stereocenters. The minimum atomic E-state index is 0.497. The van der Waals surface area contributed by atoms with Crippen molar-refractivity contribution in [2.75, 3.05) is 6.54 Å². The molecular formula is C17H25N3S. The number of hydrogen-bond donors (Lipinski definition) is 1. The Kier molecular flexibility index (Phi) is 4.76. The van der Waals surface area contributed by atoms with Gasteiger partial charge in [0.15, 0.2) is 0 Å². The minimum Gasteiger partial charge on any atom is -0.335 e. The number of nitrogens with zero attached hydrogens (tertiary/aromatic N) is 2. The van der Waals surface area contributed by atoms with E-state index in [1.807, 2.05) is 17.5 Å². The topological polar surface area (TPSA) is 29.9 Å². The van der Waals surface area contributed by atoms with Crippen molar-refractivity contribution in [2.45, 2.75) is 58.0 Å². The second kappa shape index (κ2) is 6.75. The number of nitrogens with one attached hydrogen (secondary N) is 1. The van der Waals surface area contributed by atoms with Crippen LogP contribution in [0, 0.1) is 0 Å². The number of likely N-dealkylation sites (N-methyl/N-ethyl adjacent to an activating group) is 1. The molecule has 3 rings (SSSR count). The van der Waals surface area contributed by atoms with Crippen LogP contribution in [0.5, 0.6) is 0 Å². The van der Waals surface area contributed by atoms with Crippen LogP contribution >= 0.6 is 11.3 Å². The molecule has 0 amide bonds. The maximum absolute atomic E-state index is 4.57. The Hall–Kier alpha value is -1.13. The van der Waals surface area contributed by atoms with Crippen LogP contribution in [0.4, 0.5) is 0 Å². The van der Waals surface area contributed by atoms with Crippen molar-refractivity contribution in [1.82, 2.24) is 14.9 Å². The molecule has 4 heteroatoms. The lowest BCUT2D eigenvalue weighted by Gasteiger charge is -2.31. The third kappa shape index (κ3) is 3.06. The zero-order valence-corrected chi connectivity index (χ0v) is 13.8. The van der Waals surface area contributed by atoms with Gasteiger partial charge in [-0.2, -0.15) is 0 Å². The summed E-state index contributed by atoms with van der Waals surface area (Å²) in [5, 5.41) is 5.99. The molecule has 0 bridgehead atoms. The van der Waals surface area contributed by atoms with Crippen molar-refractivity contribution in [3.8, 4) is 0 Å². The maximum atomic E-state index is 4.57. The smallest absolute Gasteiger partial charge is 0.110 e. The third-order valence-corrected chi connectivity index (χ3v) is 5.59. The zero-order valence-electron chi connectivity index (χ0n) is 13.0. The molecule has 114 valence electrons. The highest BCUT2D eigenvalue weighted by molar-refractivity contribution is 7.10. The summed E-state index contributed by atoms with van der Waals surface area (Å²) in [6.07, 6.45) is 8.94. The Bertz CT molecular complexity index is 572. The van der Waals surface area contributed by atoms with E-state index in [0.717, 1.165) is 19.5 Å². The van der Waals surface area contributed by atoms with Crippen LogP contribution in [-0.4, -0.2) is 22.1 Å². The summed E-state index contributed by atoms with van der Waals surface area (Å²) in [7, 11) is 0. The first-order valence-corrected chi connectivity index (χ1v) is 9.01. The van der Waals surface area contributed by atoms with Crippen LogP contribution < -0.4 is 5.32 Å². The first-order chi connectivity index (χ1) is 10.3. The van der Waals surface area contributed by atoms with E-state index in [1.165, 1.54) is 25.1 Å². The maximum Gasteiger partial charge on any atom is 0.110 e. The SMILES string of the molecule is CCNC(Cc1nccn1CC)C1CCCc2sccc21. The van der Waals surface area contributed by atoms with E-state index in [1.54, 1.807) is 10.4 Å². The van der Waals surface area contributed by atoms with E-state index in [2.05, 4.69) is 46.4 Å². The van der Waals surface area contributed by atoms with E-state index in [9.17, 15) is 0 Å². The molecule has 0 spiro atoms. The minimum absolute atomic E-state index is 0.497. The predicted octanol–water partition coefficient (Wildman–Crippen LogP) is 3.61. The van der Waals surface area contributed by atoms with Crippen molar-refractivity contribution in [1.29, 1.82) is 0 Å². The fraction of sp³-hybridized carbons (Fsp3) is 0.588. The number of aromatic nitrogens is 2. The fourth-order valence-electron chi connectivity index (χ4n) is 3.57. The predicted molar refractivity (Wildman–Crippen MR) is 89.1 cm³/mol. The monoisotopic (exact) mass is 303 g/mol. The molecule has 0 saturated carbocycles. The summed E-state index contributed by atoms with van der Waals surface area (Å²) in [6.45, 7) is 6.41. The van der Waals surface area contributed by atoms with Gasteiger partial charge in [0.05, 0.1) is 0 Å². The second-order valence-electron chi connectivity index (χ2n) is 5.80. The van der Waals surface area contributed by atoms with E-state index >= 15 is 0 Å². The van der Waals surface area contributed by atoms with Gasteiger partial charge < -0.3 is 9.88 Å². The highest BCUT2D eigenvalue weighted by Crippen LogP contribution is 2.37. The van der Waals surface area contributed by atoms with Gasteiger partial charge in [0.2, 0.25) is 0 Å². The van der Waals surface area contributed by atoms with Crippen LogP contribution in [0.15, 0.2) is 23.8 Å². The molecule has 2 unspecified atom stereocenters. The molecule has 2 aromatic heterocycles. The first kappa shape index (κ1) is 14.8. The van der Waals surface area contributed by atoms with Gasteiger partial charge in [-0.05, 0) is 49.7 Å². The number of fused-ring (bicyclic) bond motifs is 1. The molecule has 1 aliphatic rings. The Morgan fingerprint density at radius 2 is 2.38 bits per heavy atom. The first-order valence-electron chi connectivity index (χ1n) is 8.13. The second-order valence-corrected chi connectivity index (χ2v) is 6.80. The highest BCUT2D eigenvalue weighted by Gasteiger charge is 2.29. The van der Waals surface area contributed by atoms with Crippen molar-refractivity contribution in [2.24, 2.45) is 0 Å². The van der Waals surface area contributed by atoms with Crippen molar-refractivity contribution >= 4 is 11.3 Å². The third-order valence-electron chi connectivity index (χ3n) is 4.60. The molecule has 0 aliphatic heterocycles. The number of thiophene rings is 1. The average molecular weight is 303 g/mol. The Balaban J connectivity index is 1.82. The Labute approximate surface area is 131 Å². The van der Waals surface area contributed by atoms with Gasteiger partial charge in [-0.1, -0.05) is 6.92 Å². The molecule has 2 aromatic rings. The van der Waals surface area contributed by atoms with Crippen molar-refractivity contribution in [3.63, 3.8) is 0 Å². The summed E-state index contributed by atoms with van der Waals surface area (Å²) in [5.74, 6) is 1.85. The lowest BCUT2D eigenvalue weighted by Crippen LogP contribution is -2.38. The van der Waals surface area contributed by atoms with E-state index in [-0.39, 0.29) is 0 Å². The standard InChI is InChI=1S/C17H25N3S/c1-3-18-15(12-17-19-9-10-20(17)4-2)13-6-5-7-16-14(13)8-11-21-16/h8-11,13,15,18H,3-7,12H2,1-2H3. The lowest BCUT2D eigenvalue weighted by atomic mass is 9.81. The van der Waals surface area contributed by atoms with Gasteiger partial charge in [0.25, 0.3) is 0 Å². The lowest BCUT2D eigenvalue weighted by molar-refractivity contribution is 0.389. The highest BCUT2D eigenvalue weighted by atomic mass is 32.1. The summed E-state index contributed by atoms with van der Waals surface area (Å²) in [5.41, 5.74) is 1.59. The van der Waals surface area contributed by atoms with E-state index in [0.29, 0.717) is 12.0 Å². The molecule has 21 heavy (non-hydrogen) atoms. The largest absolute Gasteiger partial charge is 0.335 e. The molecule has 0 radical (unpaired) electrons. The molecule has 3 nitrogen and oxygen atoms in total. The molecular weight excluding hydrogens is 278 g/mol. The fourth-order valence-corrected chi connectivity index (χ4v) is 4.57. The van der Waals surface area contributed by atoms with E-state index < -0.39 is 0 Å². The van der Waals surface area contributed by atoms with Gasteiger partial charge in [-0.3, -0.25) is 0 Å². The van der Waals surface area contributed by atoms with Crippen molar-refractivity contribution < 1.29 is 0 Å². The van der Waals surface area contributed by atoms with Crippen LogP contribution in [0.1, 0.15) is 48.9 Å². The van der Waals surface area contributed by atoms with Gasteiger partial charge in [0, 0.05) is 42.2 Å².